The van der Waals surface area contributed by atoms with Gasteiger partial charge >= 0.3 is 0 Å². The van der Waals surface area contributed by atoms with Gasteiger partial charge in [0, 0.05) is 42.2 Å². The Labute approximate surface area is 266 Å². The van der Waals surface area contributed by atoms with Gasteiger partial charge < -0.3 is 20.1 Å². The number of nitriles is 1. The minimum absolute atomic E-state index is 0.144. The lowest BCUT2D eigenvalue weighted by atomic mass is 10.0. The van der Waals surface area contributed by atoms with Crippen molar-refractivity contribution in [1.82, 2.24) is 19.8 Å². The highest BCUT2D eigenvalue weighted by Crippen LogP contribution is 2.27. The molecule has 1 aromatic heterocycles. The zero-order valence-electron chi connectivity index (χ0n) is 23.1. The first kappa shape index (κ1) is 31.3. The SMILES string of the molecule is CC(C)(CN(Cc1cccc(Cl)c1Cl)C(=S)Nc1cccc(Cl)c1)NC(=O)Cc1cncn1Cc1ccc(C#N)cc1. The molecule has 0 saturated heterocycles. The number of aromatic nitrogens is 2. The van der Waals surface area contributed by atoms with Gasteiger partial charge in [-0.1, -0.05) is 65.1 Å². The van der Waals surface area contributed by atoms with E-state index in [-0.39, 0.29) is 12.3 Å². The molecule has 4 aromatic rings. The number of nitrogens with zero attached hydrogens (tertiary/aromatic N) is 4. The summed E-state index contributed by atoms with van der Waals surface area (Å²) in [5, 5.41) is 17.4. The van der Waals surface area contributed by atoms with E-state index in [2.05, 4.69) is 21.7 Å². The minimum Gasteiger partial charge on any atom is -0.349 e. The molecule has 3 aromatic carbocycles. The van der Waals surface area contributed by atoms with Gasteiger partial charge in [-0.15, -0.1) is 0 Å². The molecule has 0 fully saturated rings. The van der Waals surface area contributed by atoms with Crippen LogP contribution in [0.15, 0.2) is 79.3 Å². The number of benzene rings is 3. The average molecular weight is 640 g/mol. The van der Waals surface area contributed by atoms with E-state index >= 15 is 0 Å². The molecule has 0 atom stereocenters. The Bertz CT molecular complexity index is 1610. The lowest BCUT2D eigenvalue weighted by molar-refractivity contribution is -0.122. The zero-order valence-corrected chi connectivity index (χ0v) is 26.2. The van der Waals surface area contributed by atoms with Crippen molar-refractivity contribution < 1.29 is 4.79 Å². The van der Waals surface area contributed by atoms with Gasteiger partial charge in [-0.2, -0.15) is 5.26 Å². The Kier molecular flexibility index (Phi) is 10.5. The Morgan fingerprint density at radius 1 is 1.10 bits per heavy atom. The number of imidazole rings is 1. The predicted molar refractivity (Wildman–Crippen MR) is 173 cm³/mol. The van der Waals surface area contributed by atoms with E-state index in [4.69, 9.17) is 52.3 Å². The topological polar surface area (TPSA) is 86.0 Å². The molecule has 0 radical (unpaired) electrons. The van der Waals surface area contributed by atoms with Gasteiger partial charge in [-0.05, 0) is 73.6 Å². The van der Waals surface area contributed by atoms with E-state index in [0.29, 0.717) is 45.4 Å². The largest absolute Gasteiger partial charge is 0.349 e. The Balaban J connectivity index is 1.46. The van der Waals surface area contributed by atoms with Crippen molar-refractivity contribution in [3.63, 3.8) is 0 Å². The van der Waals surface area contributed by atoms with Gasteiger partial charge in [-0.25, -0.2) is 4.98 Å². The molecule has 0 aliphatic heterocycles. The molecule has 7 nitrogen and oxygen atoms in total. The fraction of sp³-hybridized carbons (Fsp3) is 0.226. The van der Waals surface area contributed by atoms with Crippen molar-refractivity contribution >= 4 is 63.7 Å². The van der Waals surface area contributed by atoms with Crippen molar-refractivity contribution in [2.45, 2.75) is 38.9 Å². The summed E-state index contributed by atoms with van der Waals surface area (Å²) < 4.78 is 1.92. The highest BCUT2D eigenvalue weighted by Gasteiger charge is 2.27. The zero-order chi connectivity index (χ0) is 30.3. The Hall–Kier alpha value is -3.61. The molecule has 4 rings (SSSR count). The van der Waals surface area contributed by atoms with Crippen LogP contribution in [-0.4, -0.2) is 37.6 Å². The van der Waals surface area contributed by atoms with Crippen LogP contribution in [0, 0.1) is 11.3 Å². The van der Waals surface area contributed by atoms with Crippen molar-refractivity contribution in [3.05, 3.63) is 117 Å². The highest BCUT2D eigenvalue weighted by atomic mass is 35.5. The molecule has 2 N–H and O–H groups in total. The normalized spacial score (nSPS) is 11.0. The molecule has 1 amide bonds. The number of hydrogen-bond donors (Lipinski definition) is 2. The van der Waals surface area contributed by atoms with E-state index < -0.39 is 5.54 Å². The van der Waals surface area contributed by atoms with Gasteiger partial charge in [0.05, 0.1) is 40.0 Å². The second kappa shape index (κ2) is 14.0. The van der Waals surface area contributed by atoms with E-state index in [1.165, 1.54) is 0 Å². The third-order valence-corrected chi connectivity index (χ3v) is 7.85. The molecule has 0 spiro atoms. The van der Waals surface area contributed by atoms with E-state index in [0.717, 1.165) is 22.5 Å². The van der Waals surface area contributed by atoms with Crippen LogP contribution in [-0.2, 0) is 24.3 Å². The number of thiocarbonyl (C=S) groups is 1. The smallest absolute Gasteiger partial charge is 0.226 e. The first-order valence-electron chi connectivity index (χ1n) is 13.1. The van der Waals surface area contributed by atoms with Gasteiger partial charge in [-0.3, -0.25) is 4.79 Å². The molecule has 0 aliphatic rings. The van der Waals surface area contributed by atoms with E-state index in [1.807, 2.05) is 59.7 Å². The van der Waals surface area contributed by atoms with Gasteiger partial charge in [0.1, 0.15) is 0 Å². The maximum Gasteiger partial charge on any atom is 0.226 e. The van der Waals surface area contributed by atoms with Gasteiger partial charge in [0.2, 0.25) is 5.91 Å². The third-order valence-electron chi connectivity index (χ3n) is 6.40. The summed E-state index contributed by atoms with van der Waals surface area (Å²) >= 11 is 24.8. The Morgan fingerprint density at radius 2 is 1.83 bits per heavy atom. The van der Waals surface area contributed by atoms with E-state index in [1.54, 1.807) is 42.9 Å². The van der Waals surface area contributed by atoms with Crippen molar-refractivity contribution in [2.24, 2.45) is 0 Å². The maximum absolute atomic E-state index is 13.2. The number of amides is 1. The van der Waals surface area contributed by atoms with Crippen LogP contribution >= 0.6 is 47.0 Å². The number of hydrogen-bond acceptors (Lipinski definition) is 4. The van der Waals surface area contributed by atoms with Crippen molar-refractivity contribution in [3.8, 4) is 6.07 Å². The van der Waals surface area contributed by atoms with Gasteiger partial charge in [0.15, 0.2) is 5.11 Å². The summed E-state index contributed by atoms with van der Waals surface area (Å²) in [6.07, 6.45) is 3.53. The molecular weight excluding hydrogens is 611 g/mol. The number of carbonyl (C=O) groups excluding carboxylic acids is 1. The highest BCUT2D eigenvalue weighted by molar-refractivity contribution is 7.80. The van der Waals surface area contributed by atoms with Crippen molar-refractivity contribution in [2.75, 3.05) is 11.9 Å². The van der Waals surface area contributed by atoms with Crippen LogP contribution < -0.4 is 10.6 Å². The van der Waals surface area contributed by atoms with E-state index in [9.17, 15) is 4.79 Å². The number of anilines is 1. The first-order valence-corrected chi connectivity index (χ1v) is 14.6. The summed E-state index contributed by atoms with van der Waals surface area (Å²) in [5.74, 6) is -0.156. The minimum atomic E-state index is -0.680. The van der Waals surface area contributed by atoms with Crippen LogP contribution in [0.1, 0.15) is 36.2 Å². The molecule has 0 saturated carbocycles. The predicted octanol–water partition coefficient (Wildman–Crippen LogP) is 7.10. The first-order chi connectivity index (χ1) is 20.0. The molecular formula is C31H29Cl3N6OS. The summed E-state index contributed by atoms with van der Waals surface area (Å²) in [7, 11) is 0. The van der Waals surface area contributed by atoms with Crippen LogP contribution in [0.3, 0.4) is 0 Å². The number of nitrogens with one attached hydrogen (secondary N) is 2. The van der Waals surface area contributed by atoms with Crippen LogP contribution in [0.25, 0.3) is 0 Å². The molecule has 216 valence electrons. The summed E-state index contributed by atoms with van der Waals surface area (Å²) in [6, 6.07) is 22.2. The van der Waals surface area contributed by atoms with Crippen LogP contribution in [0.5, 0.6) is 0 Å². The molecule has 0 aliphatic carbocycles. The number of carbonyl (C=O) groups is 1. The standard InChI is InChI=1S/C31H29Cl3N6OS/c1-31(2,38-28(41)14-26-16-36-20-40(26)17-22-11-9-21(15-35)10-12-22)19-39(18-23-5-3-8-27(33)29(23)34)30(42)37-25-7-4-6-24(32)13-25/h3-13,16,20H,14,17-19H2,1-2H3,(H,37,42)(H,38,41). The maximum atomic E-state index is 13.2. The molecule has 42 heavy (non-hydrogen) atoms. The quantitative estimate of drug-likeness (QED) is 0.180. The lowest BCUT2D eigenvalue weighted by Crippen LogP contribution is -2.53. The second-order valence-corrected chi connectivity index (χ2v) is 12.0. The fourth-order valence-corrected chi connectivity index (χ4v) is 5.28. The lowest BCUT2D eigenvalue weighted by Gasteiger charge is -2.35. The molecule has 0 bridgehead atoms. The number of halogens is 3. The molecule has 1 heterocycles. The van der Waals surface area contributed by atoms with Crippen LogP contribution in [0.4, 0.5) is 5.69 Å². The Morgan fingerprint density at radius 3 is 2.55 bits per heavy atom. The summed E-state index contributed by atoms with van der Waals surface area (Å²) in [5.41, 5.74) is 3.24. The van der Waals surface area contributed by atoms with Crippen molar-refractivity contribution in [1.29, 1.82) is 5.26 Å². The number of rotatable bonds is 10. The molecule has 11 heteroatoms. The second-order valence-electron chi connectivity index (χ2n) is 10.4. The monoisotopic (exact) mass is 638 g/mol. The fourth-order valence-electron chi connectivity index (χ4n) is 4.47. The average Bonchev–Trinajstić information content (AvgIpc) is 3.36. The van der Waals surface area contributed by atoms with Gasteiger partial charge in [0.25, 0.3) is 0 Å². The van der Waals surface area contributed by atoms with Crippen LogP contribution in [0.2, 0.25) is 15.1 Å². The molecule has 0 unspecified atom stereocenters. The summed E-state index contributed by atoms with van der Waals surface area (Å²) in [6.45, 7) is 5.15. The third kappa shape index (κ3) is 8.70. The summed E-state index contributed by atoms with van der Waals surface area (Å²) in [4.78, 5) is 19.4.